The largest absolute Gasteiger partial charge is 0.455 e. The molecule has 2 heteroatoms. The third kappa shape index (κ3) is 5.21. The van der Waals surface area contributed by atoms with Crippen LogP contribution < -0.4 is 4.90 Å². The van der Waals surface area contributed by atoms with Crippen molar-refractivity contribution in [2.45, 2.75) is 0 Å². The standard InChI is InChI=1S/C50H33NO/c1-2-11-40-33-41(24-23-34(40)9-1)37-21-19-35(20-22-37)36-25-29-42(30-26-36)51(48-17-7-12-38-10-3-4-13-44(38)48)43-31-27-39(28-32-43)45-15-8-16-47-46-14-5-6-18-49(46)52-50(45)47/h1-33H/i3D,4D,7D,10D,12D,13D,17D. The van der Waals surface area contributed by atoms with Crippen molar-refractivity contribution in [2.75, 3.05) is 4.90 Å². The fourth-order valence-corrected chi connectivity index (χ4v) is 7.17. The molecule has 0 atom stereocenters. The van der Waals surface area contributed by atoms with Gasteiger partial charge in [0.25, 0.3) is 0 Å². The molecule has 0 amide bonds. The summed E-state index contributed by atoms with van der Waals surface area (Å²) in [6.45, 7) is 0. The van der Waals surface area contributed by atoms with Gasteiger partial charge in [-0.15, -0.1) is 0 Å². The van der Waals surface area contributed by atoms with E-state index in [4.69, 9.17) is 12.6 Å². The normalized spacial score (nSPS) is 13.3. The molecule has 2 nitrogen and oxygen atoms in total. The molecule has 10 rings (SSSR count). The fourth-order valence-electron chi connectivity index (χ4n) is 7.17. The topological polar surface area (TPSA) is 16.4 Å². The molecule has 244 valence electrons. The number of furan rings is 1. The molecular weight excluding hydrogens is 631 g/mol. The number of fused-ring (bicyclic) bond motifs is 5. The van der Waals surface area contributed by atoms with Crippen LogP contribution in [-0.4, -0.2) is 0 Å². The Hall–Kier alpha value is -6.90. The molecule has 0 spiro atoms. The molecule has 10 aromatic rings. The second kappa shape index (κ2) is 12.5. The molecule has 0 aliphatic heterocycles. The van der Waals surface area contributed by atoms with Crippen molar-refractivity contribution in [3.63, 3.8) is 0 Å². The lowest BCUT2D eigenvalue weighted by Crippen LogP contribution is -2.10. The van der Waals surface area contributed by atoms with Gasteiger partial charge < -0.3 is 9.32 Å². The number of nitrogens with zero attached hydrogens (tertiary/aromatic N) is 1. The van der Waals surface area contributed by atoms with Crippen molar-refractivity contribution in [3.8, 4) is 33.4 Å². The SMILES string of the molecule is [2H]c1c([2H])c([2H])c2c(N(c3ccc(-c4ccc(-c5ccc6ccccc6c5)cc4)cc3)c3ccc(-c4cccc5c4oc4ccccc45)cc3)c([2H])c([2H])c([2H])c2c1[2H]. The maximum atomic E-state index is 9.26. The van der Waals surface area contributed by atoms with Crippen LogP contribution in [0.5, 0.6) is 0 Å². The van der Waals surface area contributed by atoms with E-state index in [-0.39, 0.29) is 28.5 Å². The third-order valence-electron chi connectivity index (χ3n) is 9.78. The van der Waals surface area contributed by atoms with Gasteiger partial charge in [0, 0.05) is 33.1 Å². The van der Waals surface area contributed by atoms with Crippen molar-refractivity contribution in [1.29, 1.82) is 0 Å². The summed E-state index contributed by atoms with van der Waals surface area (Å²) in [6.07, 6.45) is 0. The molecule has 0 bridgehead atoms. The molecule has 1 heterocycles. The summed E-state index contributed by atoms with van der Waals surface area (Å²) in [7, 11) is 0. The molecule has 0 aliphatic rings. The van der Waals surface area contributed by atoms with Crippen molar-refractivity contribution in [3.05, 3.63) is 200 Å². The van der Waals surface area contributed by atoms with Gasteiger partial charge in [-0.25, -0.2) is 0 Å². The lowest BCUT2D eigenvalue weighted by Gasteiger charge is -2.27. The summed E-state index contributed by atoms with van der Waals surface area (Å²) < 4.78 is 67.9. The minimum atomic E-state index is -0.495. The number of hydrogen-bond donors (Lipinski definition) is 0. The predicted octanol–water partition coefficient (Wildman–Crippen LogP) is 14.4. The highest BCUT2D eigenvalue weighted by Crippen LogP contribution is 2.41. The lowest BCUT2D eigenvalue weighted by atomic mass is 9.98. The van der Waals surface area contributed by atoms with Crippen LogP contribution in [0, 0.1) is 0 Å². The van der Waals surface area contributed by atoms with E-state index < -0.39 is 30.2 Å². The van der Waals surface area contributed by atoms with E-state index in [1.165, 1.54) is 10.8 Å². The fraction of sp³-hybridized carbons (Fsp3) is 0. The Morgan fingerprint density at radius 2 is 1.00 bits per heavy atom. The van der Waals surface area contributed by atoms with E-state index in [1.807, 2.05) is 103 Å². The van der Waals surface area contributed by atoms with Gasteiger partial charge in [0.05, 0.1) is 15.3 Å². The molecule has 0 N–H and O–H groups in total. The van der Waals surface area contributed by atoms with Crippen LogP contribution >= 0.6 is 0 Å². The summed E-state index contributed by atoms with van der Waals surface area (Å²) in [4.78, 5) is 1.75. The minimum absolute atomic E-state index is 0.00600. The molecule has 0 radical (unpaired) electrons. The monoisotopic (exact) mass is 670 g/mol. The van der Waals surface area contributed by atoms with Gasteiger partial charge in [-0.2, -0.15) is 0 Å². The second-order valence-corrected chi connectivity index (χ2v) is 12.8. The first-order valence-electron chi connectivity index (χ1n) is 20.7. The number of anilines is 3. The number of para-hydroxylation sites is 2. The van der Waals surface area contributed by atoms with E-state index >= 15 is 0 Å². The number of hydrogen-bond acceptors (Lipinski definition) is 2. The maximum absolute atomic E-state index is 9.26. The average Bonchev–Trinajstić information content (AvgIpc) is 3.67. The van der Waals surface area contributed by atoms with Crippen LogP contribution in [0.25, 0.3) is 76.9 Å². The molecule has 52 heavy (non-hydrogen) atoms. The van der Waals surface area contributed by atoms with E-state index in [0.29, 0.717) is 11.4 Å². The van der Waals surface area contributed by atoms with Crippen molar-refractivity contribution in [1.82, 2.24) is 0 Å². The Kier molecular flexibility index (Phi) is 5.63. The zero-order valence-corrected chi connectivity index (χ0v) is 27.9. The van der Waals surface area contributed by atoms with Gasteiger partial charge in [0.2, 0.25) is 0 Å². The lowest BCUT2D eigenvalue weighted by molar-refractivity contribution is 0.670. The van der Waals surface area contributed by atoms with Gasteiger partial charge in [0.1, 0.15) is 11.2 Å². The molecule has 0 aliphatic carbocycles. The summed E-state index contributed by atoms with van der Waals surface area (Å²) in [6, 6.07) is 49.7. The van der Waals surface area contributed by atoms with Crippen molar-refractivity contribution < 1.29 is 14.0 Å². The molecule has 0 fully saturated rings. The Morgan fingerprint density at radius 3 is 1.79 bits per heavy atom. The summed E-state index contributed by atoms with van der Waals surface area (Å²) in [5.74, 6) is 0. The Labute approximate surface area is 312 Å². The van der Waals surface area contributed by atoms with Crippen LogP contribution in [0.3, 0.4) is 0 Å². The van der Waals surface area contributed by atoms with Crippen LogP contribution in [0.1, 0.15) is 9.60 Å². The van der Waals surface area contributed by atoms with Gasteiger partial charge >= 0.3 is 0 Å². The summed E-state index contributed by atoms with van der Waals surface area (Å²) >= 11 is 0. The number of benzene rings is 9. The van der Waals surface area contributed by atoms with Crippen LogP contribution in [0.15, 0.2) is 204 Å². The Balaban J connectivity index is 1.10. The molecule has 0 saturated heterocycles. The molecule has 9 aromatic carbocycles. The Morgan fingerprint density at radius 1 is 0.404 bits per heavy atom. The van der Waals surface area contributed by atoms with E-state index in [0.717, 1.165) is 55.3 Å². The first-order chi connectivity index (χ1) is 28.7. The maximum Gasteiger partial charge on any atom is 0.143 e. The van der Waals surface area contributed by atoms with Crippen LogP contribution in [0.4, 0.5) is 17.1 Å². The second-order valence-electron chi connectivity index (χ2n) is 12.8. The minimum Gasteiger partial charge on any atom is -0.455 e. The van der Waals surface area contributed by atoms with E-state index in [9.17, 15) is 1.37 Å². The van der Waals surface area contributed by atoms with Crippen LogP contribution in [-0.2, 0) is 0 Å². The highest BCUT2D eigenvalue weighted by molar-refractivity contribution is 6.09. The highest BCUT2D eigenvalue weighted by Gasteiger charge is 2.17. The highest BCUT2D eigenvalue weighted by atomic mass is 16.3. The van der Waals surface area contributed by atoms with Crippen molar-refractivity contribution in [2.24, 2.45) is 0 Å². The van der Waals surface area contributed by atoms with E-state index in [1.54, 1.807) is 4.90 Å². The summed E-state index contributed by atoms with van der Waals surface area (Å²) in [5, 5.41) is 4.31. The molecule has 0 saturated carbocycles. The number of rotatable bonds is 6. The first kappa shape index (κ1) is 23.5. The third-order valence-corrected chi connectivity index (χ3v) is 9.78. The quantitative estimate of drug-likeness (QED) is 0.175. The van der Waals surface area contributed by atoms with E-state index in [2.05, 4.69) is 54.6 Å². The zero-order chi connectivity index (χ0) is 40.5. The van der Waals surface area contributed by atoms with Gasteiger partial charge in [-0.05, 0) is 86.4 Å². The molecule has 0 unspecified atom stereocenters. The van der Waals surface area contributed by atoms with Crippen molar-refractivity contribution >= 4 is 60.5 Å². The summed E-state index contributed by atoms with van der Waals surface area (Å²) in [5.41, 5.74) is 8.83. The first-order valence-corrected chi connectivity index (χ1v) is 17.2. The predicted molar refractivity (Wildman–Crippen MR) is 220 cm³/mol. The van der Waals surface area contributed by atoms with Gasteiger partial charge in [-0.3, -0.25) is 0 Å². The molecular formula is C50H33NO. The van der Waals surface area contributed by atoms with Crippen LogP contribution in [0.2, 0.25) is 0 Å². The average molecular weight is 671 g/mol. The Bertz CT molecular complexity index is 3280. The zero-order valence-electron chi connectivity index (χ0n) is 34.9. The molecule has 1 aromatic heterocycles. The smallest absolute Gasteiger partial charge is 0.143 e. The van der Waals surface area contributed by atoms with Gasteiger partial charge in [0.15, 0.2) is 0 Å². The van der Waals surface area contributed by atoms with Gasteiger partial charge in [-0.1, -0.05) is 158 Å².